The Morgan fingerprint density at radius 1 is 0.698 bits per heavy atom. The number of hydrogen-bond acceptors (Lipinski definition) is 14. The van der Waals surface area contributed by atoms with Crippen LogP contribution in [0.15, 0.2) is 106 Å². The van der Waals surface area contributed by atoms with Gasteiger partial charge >= 0.3 is 11.9 Å². The number of carbonyl (C=O) groups excluding carboxylic acids is 2. The van der Waals surface area contributed by atoms with Gasteiger partial charge in [0.1, 0.15) is 39.7 Å². The molecule has 2 heterocycles. The summed E-state index contributed by atoms with van der Waals surface area (Å²) in [5, 5.41) is 60.8. The highest BCUT2D eigenvalue weighted by Crippen LogP contribution is 2.38. The van der Waals surface area contributed by atoms with Crippen molar-refractivity contribution in [2.75, 3.05) is 0 Å². The standard InChI is InChI=1S/C39H32O14/c1-20-35(51-30(45)16-6-21-2-10-24(40)11-3-21)38(52-31(46)17-7-22-4-12-25(41)13-5-22)34(48)39(49-20)53-37-33(47)32-28(44)18-27(43)19-29(32)50-36(37)23-8-14-26(42)15-9-23/h2-20,34-35,38-44,48H,1H3/b16-6-,17-7-/t20-,34+,35-,38-,39-/m0/s1. The van der Waals surface area contributed by atoms with E-state index >= 15 is 0 Å². The van der Waals surface area contributed by atoms with E-state index in [9.17, 15) is 45.0 Å². The summed E-state index contributed by atoms with van der Waals surface area (Å²) in [6.07, 6.45) is -2.91. The molecule has 5 atom stereocenters. The first-order valence-corrected chi connectivity index (χ1v) is 16.0. The van der Waals surface area contributed by atoms with Crippen LogP contribution < -0.4 is 10.2 Å². The van der Waals surface area contributed by atoms with E-state index in [-0.39, 0.29) is 39.5 Å². The van der Waals surface area contributed by atoms with E-state index in [2.05, 4.69) is 0 Å². The fraction of sp³-hybridized carbons (Fsp3) is 0.154. The molecule has 0 amide bonds. The Hall–Kier alpha value is -6.77. The molecule has 0 saturated carbocycles. The summed E-state index contributed by atoms with van der Waals surface area (Å²) in [6.45, 7) is 1.45. The Bertz CT molecular complexity index is 2240. The largest absolute Gasteiger partial charge is 0.508 e. The van der Waals surface area contributed by atoms with Crippen molar-refractivity contribution in [3.63, 3.8) is 0 Å². The van der Waals surface area contributed by atoms with Gasteiger partial charge in [0, 0.05) is 29.8 Å². The average molecular weight is 725 g/mol. The number of benzene rings is 4. The summed E-state index contributed by atoms with van der Waals surface area (Å²) < 4.78 is 29.0. The summed E-state index contributed by atoms with van der Waals surface area (Å²) in [6, 6.07) is 19.3. The zero-order valence-electron chi connectivity index (χ0n) is 27.7. The molecule has 6 rings (SSSR count). The molecule has 272 valence electrons. The maximum Gasteiger partial charge on any atom is 0.331 e. The number of aliphatic hydroxyl groups is 1. The van der Waals surface area contributed by atoms with Gasteiger partial charge in [-0.1, -0.05) is 24.3 Å². The molecule has 0 unspecified atom stereocenters. The molecule has 4 aromatic carbocycles. The molecule has 1 aliphatic rings. The molecule has 0 spiro atoms. The number of fused-ring (bicyclic) bond motifs is 1. The van der Waals surface area contributed by atoms with Crippen molar-refractivity contribution in [1.29, 1.82) is 0 Å². The summed E-state index contributed by atoms with van der Waals surface area (Å²) >= 11 is 0. The minimum absolute atomic E-state index is 0.0154. The van der Waals surface area contributed by atoms with E-state index in [1.807, 2.05) is 0 Å². The van der Waals surface area contributed by atoms with Gasteiger partial charge in [0.2, 0.25) is 17.5 Å². The highest BCUT2D eigenvalue weighted by Gasteiger charge is 2.49. The molecule has 0 radical (unpaired) electrons. The number of phenols is 5. The van der Waals surface area contributed by atoms with Crippen LogP contribution in [0, 0.1) is 0 Å². The summed E-state index contributed by atoms with van der Waals surface area (Å²) in [5.74, 6) is -3.72. The van der Waals surface area contributed by atoms with Crippen molar-refractivity contribution in [2.45, 2.75) is 37.6 Å². The number of rotatable bonds is 9. The molecule has 1 fully saturated rings. The topological polar surface area (TPSA) is 223 Å². The molecule has 1 saturated heterocycles. The third-order valence-corrected chi connectivity index (χ3v) is 8.15. The highest BCUT2D eigenvalue weighted by molar-refractivity contribution is 5.89. The molecular formula is C39H32O14. The molecule has 0 bridgehead atoms. The van der Waals surface area contributed by atoms with Crippen LogP contribution >= 0.6 is 0 Å². The van der Waals surface area contributed by atoms with Crippen LogP contribution in [0.1, 0.15) is 18.1 Å². The molecule has 6 N–H and O–H groups in total. The van der Waals surface area contributed by atoms with Gasteiger partial charge in [0.25, 0.3) is 0 Å². The first-order valence-electron chi connectivity index (χ1n) is 16.0. The van der Waals surface area contributed by atoms with E-state index in [1.54, 1.807) is 24.3 Å². The number of hydrogen-bond donors (Lipinski definition) is 6. The fourth-order valence-electron chi connectivity index (χ4n) is 5.52. The fourth-order valence-corrected chi connectivity index (χ4v) is 5.52. The minimum atomic E-state index is -1.91. The van der Waals surface area contributed by atoms with Gasteiger partial charge in [-0.3, -0.25) is 4.79 Å². The number of aromatic hydroxyl groups is 5. The van der Waals surface area contributed by atoms with Gasteiger partial charge in [-0.15, -0.1) is 0 Å². The van der Waals surface area contributed by atoms with Crippen molar-refractivity contribution in [1.82, 2.24) is 0 Å². The number of ether oxygens (including phenoxy) is 4. The molecule has 14 heteroatoms. The molecule has 53 heavy (non-hydrogen) atoms. The van der Waals surface area contributed by atoms with Crippen molar-refractivity contribution < 1.29 is 63.6 Å². The minimum Gasteiger partial charge on any atom is -0.508 e. The second-order valence-electron chi connectivity index (χ2n) is 11.9. The maximum absolute atomic E-state index is 13.9. The first-order chi connectivity index (χ1) is 25.4. The smallest absolute Gasteiger partial charge is 0.331 e. The zero-order valence-corrected chi connectivity index (χ0v) is 27.7. The predicted octanol–water partition coefficient (Wildman–Crippen LogP) is 4.72. The first kappa shape index (κ1) is 36.0. The number of carbonyl (C=O) groups is 2. The van der Waals surface area contributed by atoms with Crippen LogP contribution in [0.5, 0.6) is 34.5 Å². The van der Waals surface area contributed by atoms with Crippen molar-refractivity contribution in [2.24, 2.45) is 0 Å². The lowest BCUT2D eigenvalue weighted by atomic mass is 9.99. The summed E-state index contributed by atoms with van der Waals surface area (Å²) in [4.78, 5) is 40.0. The Morgan fingerprint density at radius 3 is 1.75 bits per heavy atom. The van der Waals surface area contributed by atoms with Crippen molar-refractivity contribution in [3.05, 3.63) is 118 Å². The SMILES string of the molecule is C[C@@H]1O[C@@H](Oc2c(-c3ccc(O)cc3)oc3cc(O)cc(O)c3c2=O)[C@H](O)[C@H](OC(=O)/C=C\c2ccc(O)cc2)[C@H]1OC(=O)/C=C\c1ccc(O)cc1. The third-order valence-electron chi connectivity index (χ3n) is 8.15. The molecule has 1 aliphatic heterocycles. The van der Waals surface area contributed by atoms with Gasteiger partial charge < -0.3 is 54.0 Å². The lowest BCUT2D eigenvalue weighted by molar-refractivity contribution is -0.275. The highest BCUT2D eigenvalue weighted by atomic mass is 16.7. The molecule has 1 aromatic heterocycles. The third kappa shape index (κ3) is 8.25. The van der Waals surface area contributed by atoms with Crippen LogP contribution in [-0.2, 0) is 23.8 Å². The second-order valence-corrected chi connectivity index (χ2v) is 11.9. The van der Waals surface area contributed by atoms with Gasteiger partial charge in [-0.2, -0.15) is 0 Å². The van der Waals surface area contributed by atoms with Crippen LogP contribution in [0.4, 0.5) is 0 Å². The van der Waals surface area contributed by atoms with Crippen LogP contribution in [-0.4, -0.2) is 73.3 Å². The summed E-state index contributed by atoms with van der Waals surface area (Å²) in [5.41, 5.74) is 0.177. The van der Waals surface area contributed by atoms with Gasteiger partial charge in [0.05, 0.1) is 6.10 Å². The Labute approximate surface area is 300 Å². The van der Waals surface area contributed by atoms with E-state index < -0.39 is 65.3 Å². The van der Waals surface area contributed by atoms with Gasteiger partial charge in [0.15, 0.2) is 24.1 Å². The quantitative estimate of drug-likeness (QED) is 0.0894. The Morgan fingerprint density at radius 2 is 1.21 bits per heavy atom. The van der Waals surface area contributed by atoms with Crippen molar-refractivity contribution >= 4 is 35.1 Å². The lowest BCUT2D eigenvalue weighted by Crippen LogP contribution is -2.61. The van der Waals surface area contributed by atoms with Gasteiger partial charge in [-0.25, -0.2) is 9.59 Å². The van der Waals surface area contributed by atoms with E-state index in [0.717, 1.165) is 24.3 Å². The predicted molar refractivity (Wildman–Crippen MR) is 188 cm³/mol. The Balaban J connectivity index is 1.34. The second kappa shape index (κ2) is 15.2. The van der Waals surface area contributed by atoms with Gasteiger partial charge in [-0.05, 0) is 78.7 Å². The molecule has 5 aromatic rings. The van der Waals surface area contributed by atoms with E-state index in [0.29, 0.717) is 11.1 Å². The maximum atomic E-state index is 13.9. The number of esters is 2. The normalized spacial score (nSPS) is 20.1. The Kier molecular flexibility index (Phi) is 10.4. The van der Waals surface area contributed by atoms with Crippen molar-refractivity contribution in [3.8, 4) is 45.8 Å². The number of phenolic OH excluding ortho intramolecular Hbond substituents is 5. The zero-order chi connectivity index (χ0) is 37.8. The van der Waals surface area contributed by atoms with Crippen LogP contribution in [0.2, 0.25) is 0 Å². The monoisotopic (exact) mass is 724 g/mol. The molecule has 14 nitrogen and oxygen atoms in total. The van der Waals surface area contributed by atoms with E-state index in [4.69, 9.17) is 23.4 Å². The lowest BCUT2D eigenvalue weighted by Gasteiger charge is -2.41. The van der Waals surface area contributed by atoms with E-state index in [1.165, 1.54) is 67.6 Å². The molecule has 0 aliphatic carbocycles. The van der Waals surface area contributed by atoms with Crippen LogP contribution in [0.25, 0.3) is 34.4 Å². The summed E-state index contributed by atoms with van der Waals surface area (Å²) in [7, 11) is 0. The average Bonchev–Trinajstić information content (AvgIpc) is 3.12. The number of aliphatic hydroxyl groups excluding tert-OH is 1. The molecular weight excluding hydrogens is 692 g/mol. The van der Waals surface area contributed by atoms with Crippen LogP contribution in [0.3, 0.4) is 0 Å².